The molecule has 0 aliphatic carbocycles. The number of benzene rings is 1. The Morgan fingerprint density at radius 2 is 1.79 bits per heavy atom. The van der Waals surface area contributed by atoms with Crippen LogP contribution in [0.2, 0.25) is 0 Å². The zero-order valence-corrected chi connectivity index (χ0v) is 18.3. The van der Waals surface area contributed by atoms with Crippen molar-refractivity contribution < 1.29 is 22.6 Å². The number of hydrogen-bond acceptors (Lipinski definition) is 7. The lowest BCUT2D eigenvalue weighted by Gasteiger charge is -2.25. The predicted octanol–water partition coefficient (Wildman–Crippen LogP) is 2.67. The molecule has 0 radical (unpaired) electrons. The van der Waals surface area contributed by atoms with Gasteiger partial charge in [-0.1, -0.05) is 0 Å². The van der Waals surface area contributed by atoms with Crippen LogP contribution in [0, 0.1) is 6.92 Å². The summed E-state index contributed by atoms with van der Waals surface area (Å²) in [6, 6.07) is 3.49. The van der Waals surface area contributed by atoms with Crippen LogP contribution < -0.4 is 14.2 Å². The highest BCUT2D eigenvalue weighted by Crippen LogP contribution is 2.47. The highest BCUT2D eigenvalue weighted by Gasteiger charge is 2.40. The molecule has 10 heteroatoms. The van der Waals surface area contributed by atoms with Crippen molar-refractivity contribution in [1.82, 2.24) is 13.9 Å². The van der Waals surface area contributed by atoms with Crippen molar-refractivity contribution in [3.8, 4) is 17.2 Å². The molecule has 1 atom stereocenters. The molecule has 28 heavy (non-hydrogen) atoms. The van der Waals surface area contributed by atoms with E-state index in [2.05, 4.69) is 4.98 Å². The number of sulfonamides is 1. The van der Waals surface area contributed by atoms with E-state index in [0.29, 0.717) is 41.9 Å². The maximum atomic E-state index is 13.3. The molecule has 154 valence electrons. The summed E-state index contributed by atoms with van der Waals surface area (Å²) in [5.41, 5.74) is 0.720. The summed E-state index contributed by atoms with van der Waals surface area (Å²) in [4.78, 5) is 4.28. The molecule has 1 unspecified atom stereocenters. The molecule has 1 aliphatic heterocycles. The SMILES string of the molecule is CCn1cc(S(=O)(=O)N2CCSC2c2cc(OC)c(OC)cc2OC)nc1C. The second-order valence-electron chi connectivity index (χ2n) is 6.20. The van der Waals surface area contributed by atoms with Gasteiger partial charge in [0.05, 0.1) is 26.7 Å². The molecule has 0 bridgehead atoms. The van der Waals surface area contributed by atoms with Crippen LogP contribution in [0.1, 0.15) is 23.7 Å². The number of methoxy groups -OCH3 is 3. The monoisotopic (exact) mass is 427 g/mol. The van der Waals surface area contributed by atoms with E-state index in [4.69, 9.17) is 14.2 Å². The Bertz CT molecular complexity index is 958. The number of rotatable bonds is 7. The van der Waals surface area contributed by atoms with Gasteiger partial charge in [0.15, 0.2) is 16.5 Å². The summed E-state index contributed by atoms with van der Waals surface area (Å²) in [5, 5.41) is -0.370. The minimum Gasteiger partial charge on any atom is -0.496 e. The summed E-state index contributed by atoms with van der Waals surface area (Å²) in [6.07, 6.45) is 1.59. The average Bonchev–Trinajstić information content (AvgIpc) is 3.34. The highest BCUT2D eigenvalue weighted by atomic mass is 32.2. The van der Waals surface area contributed by atoms with E-state index >= 15 is 0 Å². The summed E-state index contributed by atoms with van der Waals surface area (Å²) >= 11 is 1.54. The van der Waals surface area contributed by atoms with Gasteiger partial charge in [-0.2, -0.15) is 4.31 Å². The average molecular weight is 428 g/mol. The lowest BCUT2D eigenvalue weighted by atomic mass is 10.1. The van der Waals surface area contributed by atoms with Crippen molar-refractivity contribution in [2.24, 2.45) is 0 Å². The number of nitrogens with zero attached hydrogens (tertiary/aromatic N) is 3. The maximum absolute atomic E-state index is 13.3. The second-order valence-corrected chi connectivity index (χ2v) is 9.23. The first-order chi connectivity index (χ1) is 13.4. The fraction of sp³-hybridized carbons (Fsp3) is 0.500. The summed E-state index contributed by atoms with van der Waals surface area (Å²) < 4.78 is 46.2. The van der Waals surface area contributed by atoms with E-state index in [1.165, 1.54) is 16.1 Å². The number of aromatic nitrogens is 2. The molecule has 1 saturated heterocycles. The minimum atomic E-state index is -3.76. The molecule has 0 saturated carbocycles. The topological polar surface area (TPSA) is 82.9 Å². The molecule has 1 aromatic heterocycles. The Kier molecular flexibility index (Phi) is 6.11. The first-order valence-electron chi connectivity index (χ1n) is 8.84. The molecule has 1 aromatic carbocycles. The molecule has 1 fully saturated rings. The summed E-state index contributed by atoms with van der Waals surface area (Å²) in [6.45, 7) is 4.81. The number of aryl methyl sites for hydroxylation is 2. The smallest absolute Gasteiger partial charge is 0.263 e. The van der Waals surface area contributed by atoms with Gasteiger partial charge < -0.3 is 18.8 Å². The van der Waals surface area contributed by atoms with Crippen molar-refractivity contribution >= 4 is 21.8 Å². The van der Waals surface area contributed by atoms with Crippen molar-refractivity contribution in [2.75, 3.05) is 33.6 Å². The number of imidazole rings is 1. The summed E-state index contributed by atoms with van der Waals surface area (Å²) in [7, 11) is 0.888. The van der Waals surface area contributed by atoms with E-state index in [-0.39, 0.29) is 5.03 Å². The fourth-order valence-corrected chi connectivity index (χ4v) is 6.48. The first-order valence-corrected chi connectivity index (χ1v) is 11.3. The third kappa shape index (κ3) is 3.56. The Morgan fingerprint density at radius 3 is 2.36 bits per heavy atom. The third-order valence-corrected chi connectivity index (χ3v) is 7.83. The number of ether oxygens (including phenoxy) is 3. The van der Waals surface area contributed by atoms with Crippen LogP contribution in [0.15, 0.2) is 23.4 Å². The minimum absolute atomic E-state index is 0.0683. The van der Waals surface area contributed by atoms with Crippen molar-refractivity contribution in [2.45, 2.75) is 30.8 Å². The van der Waals surface area contributed by atoms with Gasteiger partial charge in [-0.3, -0.25) is 0 Å². The molecule has 2 aromatic rings. The second kappa shape index (κ2) is 8.22. The lowest BCUT2D eigenvalue weighted by molar-refractivity contribution is 0.344. The molecule has 3 rings (SSSR count). The van der Waals surface area contributed by atoms with E-state index in [1.807, 2.05) is 11.5 Å². The van der Waals surface area contributed by atoms with Gasteiger partial charge >= 0.3 is 0 Å². The number of hydrogen-bond donors (Lipinski definition) is 0. The van der Waals surface area contributed by atoms with Crippen LogP contribution in [0.4, 0.5) is 0 Å². The Balaban J connectivity index is 2.05. The fourth-order valence-electron chi connectivity index (χ4n) is 3.24. The van der Waals surface area contributed by atoms with Gasteiger partial charge in [0.2, 0.25) is 0 Å². The van der Waals surface area contributed by atoms with Crippen LogP contribution in [-0.4, -0.2) is 55.9 Å². The van der Waals surface area contributed by atoms with E-state index in [9.17, 15) is 8.42 Å². The predicted molar refractivity (Wildman–Crippen MR) is 108 cm³/mol. The summed E-state index contributed by atoms with van der Waals surface area (Å²) in [5.74, 6) is 2.95. The Morgan fingerprint density at radius 1 is 1.14 bits per heavy atom. The molecule has 1 aliphatic rings. The normalized spacial score (nSPS) is 17.7. The largest absolute Gasteiger partial charge is 0.496 e. The molecule has 2 heterocycles. The molecule has 0 spiro atoms. The molecule has 8 nitrogen and oxygen atoms in total. The van der Waals surface area contributed by atoms with Gasteiger partial charge in [0.1, 0.15) is 11.6 Å². The van der Waals surface area contributed by atoms with E-state index < -0.39 is 15.4 Å². The molecular formula is C18H25N3O5S2. The lowest BCUT2D eigenvalue weighted by Crippen LogP contribution is -2.31. The zero-order valence-electron chi connectivity index (χ0n) is 16.6. The standard InChI is InChI=1S/C18H25N3O5S2/c1-6-20-11-17(19-12(20)2)28(22,23)21-7-8-27-18(21)13-9-15(25-4)16(26-5)10-14(13)24-3/h9-11,18H,6-8H2,1-5H3. The highest BCUT2D eigenvalue weighted by molar-refractivity contribution is 8.01. The Hall–Kier alpha value is -1.91. The van der Waals surface area contributed by atoms with Gasteiger partial charge in [0, 0.05) is 36.7 Å². The van der Waals surface area contributed by atoms with Crippen molar-refractivity contribution in [3.63, 3.8) is 0 Å². The van der Waals surface area contributed by atoms with Gasteiger partial charge in [0.25, 0.3) is 10.0 Å². The molecule has 0 N–H and O–H groups in total. The maximum Gasteiger partial charge on any atom is 0.263 e. The van der Waals surface area contributed by atoms with E-state index in [1.54, 1.807) is 46.6 Å². The quantitative estimate of drug-likeness (QED) is 0.672. The van der Waals surface area contributed by atoms with Crippen LogP contribution in [0.5, 0.6) is 17.2 Å². The van der Waals surface area contributed by atoms with Crippen LogP contribution in [-0.2, 0) is 16.6 Å². The first kappa shape index (κ1) is 20.8. The Labute approximate surface area is 169 Å². The van der Waals surface area contributed by atoms with Crippen LogP contribution >= 0.6 is 11.8 Å². The third-order valence-electron chi connectivity index (χ3n) is 4.72. The van der Waals surface area contributed by atoms with Crippen molar-refractivity contribution in [1.29, 1.82) is 0 Å². The molecular weight excluding hydrogens is 402 g/mol. The van der Waals surface area contributed by atoms with Crippen LogP contribution in [0.25, 0.3) is 0 Å². The van der Waals surface area contributed by atoms with Crippen molar-refractivity contribution in [3.05, 3.63) is 29.7 Å². The van der Waals surface area contributed by atoms with Crippen LogP contribution in [0.3, 0.4) is 0 Å². The van der Waals surface area contributed by atoms with Gasteiger partial charge in [-0.25, -0.2) is 13.4 Å². The van der Waals surface area contributed by atoms with Gasteiger partial charge in [-0.05, 0) is 19.9 Å². The van der Waals surface area contributed by atoms with E-state index in [0.717, 1.165) is 5.56 Å². The molecule has 0 amide bonds. The zero-order chi connectivity index (χ0) is 20.5. The number of thioether (sulfide) groups is 1. The van der Waals surface area contributed by atoms with Gasteiger partial charge in [-0.15, -0.1) is 11.8 Å².